The number of thioether (sulfide) groups is 1. The number of Topliss-reactive ketones (excluding diaryl/α,β-unsaturated/α-hetero) is 1. The van der Waals surface area contributed by atoms with Crippen molar-refractivity contribution >= 4 is 23.2 Å². The smallest absolute Gasteiger partial charge is 0.193 e. The van der Waals surface area contributed by atoms with Crippen LogP contribution in [0, 0.1) is 0 Å². The summed E-state index contributed by atoms with van der Waals surface area (Å²) in [6.45, 7) is 9.67. The fourth-order valence-corrected chi connectivity index (χ4v) is 6.16. The maximum atomic E-state index is 13.9. The first-order valence-corrected chi connectivity index (χ1v) is 12.3. The molecule has 1 atom stereocenters. The molecule has 4 heteroatoms. The highest BCUT2D eigenvalue weighted by Gasteiger charge is 2.41. The highest BCUT2D eigenvalue weighted by molar-refractivity contribution is 8.03. The Morgan fingerprint density at radius 2 is 1.76 bits per heavy atom. The highest BCUT2D eigenvalue weighted by Crippen LogP contribution is 2.54. The molecule has 1 heterocycles. The molecule has 0 amide bonds. The van der Waals surface area contributed by atoms with Crippen LogP contribution in [-0.4, -0.2) is 19.4 Å². The summed E-state index contributed by atoms with van der Waals surface area (Å²) in [4.78, 5) is 17.4. The Balaban J connectivity index is 1.71. The second-order valence-corrected chi connectivity index (χ2v) is 10.7. The summed E-state index contributed by atoms with van der Waals surface area (Å²) in [5.41, 5.74) is 6.37. The van der Waals surface area contributed by atoms with Gasteiger partial charge in [-0.25, -0.2) is 0 Å². The number of anilines is 1. The number of ether oxygens (including phenoxy) is 1. The molecule has 0 aromatic heterocycles. The summed E-state index contributed by atoms with van der Waals surface area (Å²) in [6.07, 6.45) is 0. The third-order valence-corrected chi connectivity index (χ3v) is 7.78. The molecule has 168 valence electrons. The number of fused-ring (bicyclic) bond motifs is 2. The molecule has 3 aromatic carbocycles. The van der Waals surface area contributed by atoms with Gasteiger partial charge in [-0.05, 0) is 53.3 Å². The van der Waals surface area contributed by atoms with Crippen molar-refractivity contribution in [2.75, 3.05) is 18.6 Å². The number of nitrogens with zero attached hydrogens (tertiary/aromatic N) is 1. The van der Waals surface area contributed by atoms with Crippen LogP contribution in [0.4, 0.5) is 5.69 Å². The van der Waals surface area contributed by atoms with E-state index in [0.717, 1.165) is 33.8 Å². The van der Waals surface area contributed by atoms with E-state index < -0.39 is 0 Å². The van der Waals surface area contributed by atoms with E-state index in [9.17, 15) is 4.79 Å². The summed E-state index contributed by atoms with van der Waals surface area (Å²) in [5.74, 6) is 0.722. The van der Waals surface area contributed by atoms with Crippen molar-refractivity contribution in [3.63, 3.8) is 0 Å². The van der Waals surface area contributed by atoms with Crippen LogP contribution in [0.1, 0.15) is 60.7 Å². The minimum atomic E-state index is -0.0902. The molecule has 3 nitrogen and oxygen atoms in total. The fourth-order valence-electron chi connectivity index (χ4n) is 4.82. The van der Waals surface area contributed by atoms with Gasteiger partial charge in [0.05, 0.1) is 17.8 Å². The molecule has 1 aliphatic carbocycles. The molecule has 1 aliphatic heterocycles. The molecule has 2 aliphatic rings. The van der Waals surface area contributed by atoms with E-state index in [0.29, 0.717) is 5.75 Å². The Labute approximate surface area is 200 Å². The van der Waals surface area contributed by atoms with Crippen molar-refractivity contribution in [1.29, 1.82) is 0 Å². The zero-order valence-electron chi connectivity index (χ0n) is 19.8. The van der Waals surface area contributed by atoms with Crippen molar-refractivity contribution in [3.05, 3.63) is 99.6 Å². The van der Waals surface area contributed by atoms with Crippen molar-refractivity contribution in [1.82, 2.24) is 0 Å². The highest BCUT2D eigenvalue weighted by atomic mass is 32.2. The number of benzene rings is 3. The second kappa shape index (κ2) is 8.11. The van der Waals surface area contributed by atoms with Crippen molar-refractivity contribution in [2.45, 2.75) is 43.9 Å². The van der Waals surface area contributed by atoms with E-state index in [1.54, 1.807) is 18.9 Å². The summed E-state index contributed by atoms with van der Waals surface area (Å²) >= 11 is 1.73. The van der Waals surface area contributed by atoms with E-state index >= 15 is 0 Å². The molecular formula is C29H29NO2S. The number of carbonyl (C=O) groups excluding carboxylic acids is 1. The zero-order chi connectivity index (χ0) is 23.3. The minimum absolute atomic E-state index is 0.0745. The van der Waals surface area contributed by atoms with Crippen molar-refractivity contribution < 1.29 is 9.53 Å². The van der Waals surface area contributed by atoms with E-state index in [1.807, 2.05) is 30.3 Å². The molecule has 0 spiro atoms. The number of allylic oxidation sites excluding steroid dienone is 1. The van der Waals surface area contributed by atoms with Gasteiger partial charge in [0, 0.05) is 28.5 Å². The molecular weight excluding hydrogens is 426 g/mol. The third kappa shape index (κ3) is 3.57. The molecule has 0 saturated carbocycles. The molecule has 0 bridgehead atoms. The zero-order valence-corrected chi connectivity index (χ0v) is 20.6. The van der Waals surface area contributed by atoms with Gasteiger partial charge >= 0.3 is 0 Å². The van der Waals surface area contributed by atoms with Gasteiger partial charge in [0.1, 0.15) is 5.75 Å². The van der Waals surface area contributed by atoms with Crippen LogP contribution in [-0.2, 0) is 5.41 Å². The van der Waals surface area contributed by atoms with E-state index in [-0.39, 0.29) is 17.1 Å². The van der Waals surface area contributed by atoms with Gasteiger partial charge < -0.3 is 9.64 Å². The Hall–Kier alpha value is -2.98. The van der Waals surface area contributed by atoms with Gasteiger partial charge in [-0.3, -0.25) is 4.79 Å². The number of rotatable bonds is 3. The third-order valence-electron chi connectivity index (χ3n) is 6.60. The fraction of sp³-hybridized carbons (Fsp3) is 0.276. The van der Waals surface area contributed by atoms with Gasteiger partial charge in [-0.15, -0.1) is 0 Å². The van der Waals surface area contributed by atoms with Crippen LogP contribution >= 0.6 is 11.8 Å². The van der Waals surface area contributed by atoms with Crippen LogP contribution in [0.2, 0.25) is 0 Å². The minimum Gasteiger partial charge on any atom is -0.497 e. The topological polar surface area (TPSA) is 29.5 Å². The average molecular weight is 456 g/mol. The van der Waals surface area contributed by atoms with E-state index in [2.05, 4.69) is 69.0 Å². The maximum Gasteiger partial charge on any atom is 0.193 e. The molecule has 3 aromatic rings. The molecule has 0 fully saturated rings. The Kier molecular flexibility index (Phi) is 5.37. The predicted octanol–water partition coefficient (Wildman–Crippen LogP) is 7.16. The van der Waals surface area contributed by atoms with Crippen LogP contribution in [0.25, 0.3) is 0 Å². The van der Waals surface area contributed by atoms with Gasteiger partial charge in [0.2, 0.25) is 0 Å². The first-order valence-electron chi connectivity index (χ1n) is 11.4. The van der Waals surface area contributed by atoms with Crippen LogP contribution in [0.15, 0.2) is 82.2 Å². The van der Waals surface area contributed by atoms with Crippen LogP contribution in [0.3, 0.4) is 0 Å². The number of methoxy groups -OCH3 is 1. The Morgan fingerprint density at radius 3 is 2.42 bits per heavy atom. The number of ketones is 1. The molecule has 0 saturated heterocycles. The largest absolute Gasteiger partial charge is 0.497 e. The molecule has 5 rings (SSSR count). The number of hydrogen-bond acceptors (Lipinski definition) is 4. The molecule has 0 radical (unpaired) electrons. The number of carbonyl (C=O) groups is 1. The first kappa shape index (κ1) is 21.8. The van der Waals surface area contributed by atoms with Crippen LogP contribution < -0.4 is 9.64 Å². The SMILES string of the molecule is CCN1/C(=C2/C(=O)c3cc(OC)ccc3C2c2ccccc2)Sc2cc(C(C)(C)C)ccc21. The molecule has 0 N–H and O–H groups in total. The summed E-state index contributed by atoms with van der Waals surface area (Å²) in [6, 6.07) is 23.0. The maximum absolute atomic E-state index is 13.9. The summed E-state index contributed by atoms with van der Waals surface area (Å²) < 4.78 is 5.44. The van der Waals surface area contributed by atoms with E-state index in [4.69, 9.17) is 4.74 Å². The normalized spacial score (nSPS) is 19.6. The average Bonchev–Trinajstić information content (AvgIpc) is 3.32. The lowest BCUT2D eigenvalue weighted by molar-refractivity contribution is 0.103. The predicted molar refractivity (Wildman–Crippen MR) is 137 cm³/mol. The van der Waals surface area contributed by atoms with Crippen molar-refractivity contribution in [2.24, 2.45) is 0 Å². The monoisotopic (exact) mass is 455 g/mol. The second-order valence-electron chi connectivity index (χ2n) is 9.62. The summed E-state index contributed by atoms with van der Waals surface area (Å²) in [7, 11) is 1.64. The standard InChI is InChI=1S/C29H29NO2S/c1-6-30-23-15-12-19(29(2,3)4)16-24(23)33-28(30)26-25(18-10-8-7-9-11-18)21-14-13-20(32-5)17-22(21)27(26)31/h7-17,25H,6H2,1-5H3/b28-26-. The van der Waals surface area contributed by atoms with Gasteiger partial charge in [-0.2, -0.15) is 0 Å². The summed E-state index contributed by atoms with van der Waals surface area (Å²) in [5, 5.41) is 1.05. The Bertz CT molecular complexity index is 1270. The lowest BCUT2D eigenvalue weighted by atomic mass is 9.87. The lowest BCUT2D eigenvalue weighted by Gasteiger charge is -2.23. The van der Waals surface area contributed by atoms with E-state index in [1.165, 1.54) is 16.1 Å². The molecule has 1 unspecified atom stereocenters. The van der Waals surface area contributed by atoms with Crippen molar-refractivity contribution in [3.8, 4) is 5.75 Å². The van der Waals surface area contributed by atoms with Gasteiger partial charge in [-0.1, -0.05) is 75.0 Å². The lowest BCUT2D eigenvalue weighted by Crippen LogP contribution is -2.21. The first-order chi connectivity index (χ1) is 15.8. The quantitative estimate of drug-likeness (QED) is 0.392. The van der Waals surface area contributed by atoms with Gasteiger partial charge in [0.25, 0.3) is 0 Å². The Morgan fingerprint density at radius 1 is 1.00 bits per heavy atom. The van der Waals surface area contributed by atoms with Crippen LogP contribution in [0.5, 0.6) is 5.75 Å². The van der Waals surface area contributed by atoms with Gasteiger partial charge in [0.15, 0.2) is 5.78 Å². The molecule has 33 heavy (non-hydrogen) atoms. The number of hydrogen-bond donors (Lipinski definition) is 0.